The van der Waals surface area contributed by atoms with E-state index in [1.165, 1.54) is 24.2 Å². The van der Waals surface area contributed by atoms with Crippen LogP contribution in [-0.4, -0.2) is 34.4 Å². The van der Waals surface area contributed by atoms with Gasteiger partial charge in [-0.15, -0.1) is 36.2 Å². The van der Waals surface area contributed by atoms with Crippen LogP contribution in [0.3, 0.4) is 0 Å². The van der Waals surface area contributed by atoms with Gasteiger partial charge in [-0.1, -0.05) is 6.92 Å². The normalized spacial score (nSPS) is 19.0. The van der Waals surface area contributed by atoms with E-state index >= 15 is 0 Å². The zero-order chi connectivity index (χ0) is 14.8. The maximum atomic E-state index is 11.8. The summed E-state index contributed by atoms with van der Waals surface area (Å²) < 4.78 is 0. The average molecular weight is 369 g/mol. The molecule has 1 fully saturated rings. The smallest absolute Gasteiger partial charge is 0.245 e. The van der Waals surface area contributed by atoms with Crippen molar-refractivity contribution in [2.45, 2.75) is 45.7 Å². The molecule has 1 aliphatic heterocycles. The first kappa shape index (κ1) is 21.6. The summed E-state index contributed by atoms with van der Waals surface area (Å²) in [5, 5.41) is 5.42. The quantitative estimate of drug-likeness (QED) is 0.856. The van der Waals surface area contributed by atoms with Crippen LogP contribution in [0.5, 0.6) is 0 Å². The van der Waals surface area contributed by atoms with Crippen LogP contribution in [0.2, 0.25) is 0 Å². The summed E-state index contributed by atoms with van der Waals surface area (Å²) >= 11 is 1.46. The minimum Gasteiger partial charge on any atom is -0.318 e. The zero-order valence-corrected chi connectivity index (χ0v) is 15.7. The minimum absolute atomic E-state index is 0. The molecule has 0 radical (unpaired) electrons. The van der Waals surface area contributed by atoms with Crippen molar-refractivity contribution >= 4 is 47.2 Å². The van der Waals surface area contributed by atoms with Gasteiger partial charge in [0.15, 0.2) is 5.13 Å². The second-order valence-corrected chi connectivity index (χ2v) is 7.16. The van der Waals surface area contributed by atoms with Crippen molar-refractivity contribution in [1.29, 1.82) is 0 Å². The molecule has 0 aromatic carbocycles. The Bertz CT molecular complexity index is 476. The topological polar surface area (TPSA) is 71.2 Å². The van der Waals surface area contributed by atoms with E-state index in [2.05, 4.69) is 22.1 Å². The fourth-order valence-electron chi connectivity index (χ4n) is 2.35. The van der Waals surface area contributed by atoms with Gasteiger partial charge >= 0.3 is 0 Å². The average Bonchev–Trinajstić information content (AvgIpc) is 2.75. The number of hydrogen-bond donors (Lipinski definition) is 2. The molecular weight excluding hydrogens is 343 g/mol. The molecule has 128 valence electrons. The molecule has 1 atom stereocenters. The third-order valence-electron chi connectivity index (χ3n) is 3.48. The molecule has 1 aliphatic rings. The standard InChI is InChI=1S/C14H24N4OS.2ClH/c1-10-5-4-6-18(7-10)8-11-9-20-13(16-11)17-12(19)14(2,3)15;;/h9-10H,4-8,15H2,1-3H3,(H,16,17,19);2*1H. The van der Waals surface area contributed by atoms with Gasteiger partial charge in [0.05, 0.1) is 11.2 Å². The van der Waals surface area contributed by atoms with Crippen molar-refractivity contribution in [3.63, 3.8) is 0 Å². The maximum absolute atomic E-state index is 11.8. The van der Waals surface area contributed by atoms with Gasteiger partial charge in [0.1, 0.15) is 0 Å². The molecule has 0 aliphatic carbocycles. The van der Waals surface area contributed by atoms with E-state index < -0.39 is 5.54 Å². The van der Waals surface area contributed by atoms with Gasteiger partial charge in [-0.05, 0) is 39.2 Å². The number of aromatic nitrogens is 1. The number of nitrogens with two attached hydrogens (primary N) is 1. The van der Waals surface area contributed by atoms with Gasteiger partial charge in [0.2, 0.25) is 5.91 Å². The molecule has 1 saturated heterocycles. The summed E-state index contributed by atoms with van der Waals surface area (Å²) in [6.07, 6.45) is 2.58. The fourth-order valence-corrected chi connectivity index (χ4v) is 3.05. The second kappa shape index (κ2) is 9.03. The van der Waals surface area contributed by atoms with Crippen molar-refractivity contribution in [3.05, 3.63) is 11.1 Å². The first-order valence-corrected chi connectivity index (χ1v) is 7.99. The van der Waals surface area contributed by atoms with Crippen molar-refractivity contribution < 1.29 is 4.79 Å². The molecule has 2 rings (SSSR count). The lowest BCUT2D eigenvalue weighted by molar-refractivity contribution is -0.120. The lowest BCUT2D eigenvalue weighted by Crippen LogP contribution is -2.45. The van der Waals surface area contributed by atoms with Gasteiger partial charge in [-0.25, -0.2) is 4.98 Å². The Hall–Kier alpha value is -0.400. The highest BCUT2D eigenvalue weighted by molar-refractivity contribution is 7.13. The predicted octanol–water partition coefficient (Wildman–Crippen LogP) is 2.89. The summed E-state index contributed by atoms with van der Waals surface area (Å²) in [4.78, 5) is 18.7. The Kier molecular flexibility index (Phi) is 8.87. The predicted molar refractivity (Wildman–Crippen MR) is 97.2 cm³/mol. The number of piperidine rings is 1. The molecule has 1 unspecified atom stereocenters. The van der Waals surface area contributed by atoms with Crippen LogP contribution in [0, 0.1) is 5.92 Å². The number of likely N-dealkylation sites (tertiary alicyclic amines) is 1. The highest BCUT2D eigenvalue weighted by atomic mass is 35.5. The third-order valence-corrected chi connectivity index (χ3v) is 4.29. The van der Waals surface area contributed by atoms with Crippen LogP contribution in [-0.2, 0) is 11.3 Å². The molecule has 5 nitrogen and oxygen atoms in total. The Balaban J connectivity index is 0.00000220. The highest BCUT2D eigenvalue weighted by Gasteiger charge is 2.23. The number of anilines is 1. The molecule has 0 saturated carbocycles. The van der Waals surface area contributed by atoms with E-state index in [1.807, 2.05) is 5.38 Å². The van der Waals surface area contributed by atoms with Crippen LogP contribution >= 0.6 is 36.2 Å². The van der Waals surface area contributed by atoms with Crippen LogP contribution in [0.25, 0.3) is 0 Å². The fraction of sp³-hybridized carbons (Fsp3) is 0.714. The van der Waals surface area contributed by atoms with E-state index in [0.29, 0.717) is 5.13 Å². The molecule has 0 spiro atoms. The van der Waals surface area contributed by atoms with Crippen LogP contribution in [0.4, 0.5) is 5.13 Å². The summed E-state index contributed by atoms with van der Waals surface area (Å²) in [6.45, 7) is 8.80. The van der Waals surface area contributed by atoms with Crippen LogP contribution in [0.15, 0.2) is 5.38 Å². The molecule has 8 heteroatoms. The number of halogens is 2. The molecule has 1 amide bonds. The Morgan fingerprint density at radius 1 is 1.55 bits per heavy atom. The highest BCUT2D eigenvalue weighted by Crippen LogP contribution is 2.21. The largest absolute Gasteiger partial charge is 0.318 e. The van der Waals surface area contributed by atoms with Gasteiger partial charge < -0.3 is 11.1 Å². The van der Waals surface area contributed by atoms with Crippen molar-refractivity contribution in [1.82, 2.24) is 9.88 Å². The lowest BCUT2D eigenvalue weighted by Gasteiger charge is -2.30. The number of nitrogens with zero attached hydrogens (tertiary/aromatic N) is 2. The van der Waals surface area contributed by atoms with Crippen molar-refractivity contribution in [3.8, 4) is 0 Å². The lowest BCUT2D eigenvalue weighted by atomic mass is 10.0. The molecule has 1 aromatic heterocycles. The number of nitrogens with one attached hydrogen (secondary N) is 1. The van der Waals surface area contributed by atoms with Crippen LogP contribution < -0.4 is 11.1 Å². The van der Waals surface area contributed by atoms with Gasteiger partial charge in [0.25, 0.3) is 0 Å². The molecular formula is C14H26Cl2N4OS. The zero-order valence-electron chi connectivity index (χ0n) is 13.3. The summed E-state index contributed by atoms with van der Waals surface area (Å²) in [5.74, 6) is 0.560. The number of carbonyl (C=O) groups is 1. The number of hydrogen-bond acceptors (Lipinski definition) is 5. The van der Waals surface area contributed by atoms with Crippen molar-refractivity contribution in [2.24, 2.45) is 11.7 Å². The minimum atomic E-state index is -0.881. The van der Waals surface area contributed by atoms with Gasteiger partial charge in [-0.3, -0.25) is 9.69 Å². The van der Waals surface area contributed by atoms with Gasteiger partial charge in [0, 0.05) is 18.5 Å². The maximum Gasteiger partial charge on any atom is 0.245 e. The van der Waals surface area contributed by atoms with Gasteiger partial charge in [-0.2, -0.15) is 0 Å². The molecule has 0 bridgehead atoms. The summed E-state index contributed by atoms with van der Waals surface area (Å²) in [7, 11) is 0. The van der Waals surface area contributed by atoms with Crippen molar-refractivity contribution in [2.75, 3.05) is 18.4 Å². The molecule has 1 aromatic rings. The Morgan fingerprint density at radius 2 is 2.23 bits per heavy atom. The number of amides is 1. The van der Waals surface area contributed by atoms with E-state index in [1.54, 1.807) is 13.8 Å². The van der Waals surface area contributed by atoms with E-state index in [-0.39, 0.29) is 30.7 Å². The number of carbonyl (C=O) groups excluding carboxylic acids is 1. The first-order chi connectivity index (χ1) is 9.34. The van der Waals surface area contributed by atoms with E-state index in [4.69, 9.17) is 5.73 Å². The Labute approximate surface area is 148 Å². The third kappa shape index (κ3) is 6.38. The summed E-state index contributed by atoms with van der Waals surface area (Å²) in [5.41, 5.74) is 5.90. The molecule has 22 heavy (non-hydrogen) atoms. The SMILES string of the molecule is CC1CCCN(Cc2csc(NC(=O)C(C)(C)N)n2)C1.Cl.Cl. The Morgan fingerprint density at radius 3 is 2.82 bits per heavy atom. The number of thiazole rings is 1. The number of rotatable bonds is 4. The monoisotopic (exact) mass is 368 g/mol. The van der Waals surface area contributed by atoms with E-state index in [0.717, 1.165) is 31.2 Å². The van der Waals surface area contributed by atoms with E-state index in [9.17, 15) is 4.79 Å². The van der Waals surface area contributed by atoms with Crippen LogP contribution in [0.1, 0.15) is 39.3 Å². The molecule has 3 N–H and O–H groups in total. The molecule has 2 heterocycles. The summed E-state index contributed by atoms with van der Waals surface area (Å²) in [6, 6.07) is 0. The first-order valence-electron chi connectivity index (χ1n) is 7.11. The second-order valence-electron chi connectivity index (χ2n) is 6.30.